The molecule has 238 valence electrons. The molecule has 0 bridgehead atoms. The van der Waals surface area contributed by atoms with E-state index in [9.17, 15) is 0 Å². The molecule has 0 amide bonds. The monoisotopic (exact) mass is 760 g/mol. The zero-order valence-electron chi connectivity index (χ0n) is 27.4. The van der Waals surface area contributed by atoms with Crippen LogP contribution in [0.3, 0.4) is 0 Å². The number of hydrogen-bond donors (Lipinski definition) is 0. The van der Waals surface area contributed by atoms with Crippen LogP contribution in [0.5, 0.6) is 0 Å². The number of hydrogen-bond acceptors (Lipinski definition) is 2. The minimum atomic E-state index is -2.55. The zero-order chi connectivity index (χ0) is 31.4. The van der Waals surface area contributed by atoms with Gasteiger partial charge in [0.05, 0.1) is 0 Å². The van der Waals surface area contributed by atoms with Gasteiger partial charge in [0.25, 0.3) is 0 Å². The molecule has 6 aromatic rings. The molecule has 0 fully saturated rings. The van der Waals surface area contributed by atoms with E-state index in [-0.39, 0.29) is 24.8 Å². The predicted molar refractivity (Wildman–Crippen MR) is 189 cm³/mol. The number of fused-ring (bicyclic) bond motifs is 2. The topological polar surface area (TPSA) is 26.3 Å². The van der Waals surface area contributed by atoms with Crippen LogP contribution in [0.2, 0.25) is 13.1 Å². The zero-order valence-corrected chi connectivity index (χ0v) is 32.4. The molecule has 4 aromatic carbocycles. The third kappa shape index (κ3) is 6.03. The van der Waals surface area contributed by atoms with Crippen molar-refractivity contribution in [1.29, 1.82) is 0 Å². The maximum atomic E-state index is 6.47. The van der Waals surface area contributed by atoms with Gasteiger partial charge in [-0.3, -0.25) is 0 Å². The van der Waals surface area contributed by atoms with Gasteiger partial charge in [-0.05, 0) is 0 Å². The van der Waals surface area contributed by atoms with Crippen LogP contribution in [0.15, 0.2) is 130 Å². The molecule has 2 unspecified atom stereocenters. The number of aryl methyl sites for hydroxylation is 2. The first-order valence-electron chi connectivity index (χ1n) is 16.1. The summed E-state index contributed by atoms with van der Waals surface area (Å²) in [5.41, 5.74) is 12.9. The van der Waals surface area contributed by atoms with Crippen molar-refractivity contribution in [3.8, 4) is 22.3 Å². The van der Waals surface area contributed by atoms with Crippen LogP contribution in [0, 0.1) is 13.8 Å². The number of furan rings is 2. The second-order valence-corrected chi connectivity index (χ2v) is 30.6. The van der Waals surface area contributed by atoms with Crippen molar-refractivity contribution in [2.24, 2.45) is 0 Å². The van der Waals surface area contributed by atoms with Crippen LogP contribution < -0.4 is 24.8 Å². The maximum absolute atomic E-state index is 6.47. The first-order valence-corrected chi connectivity index (χ1v) is 25.1. The summed E-state index contributed by atoms with van der Waals surface area (Å²) in [6.45, 7) is 9.27. The van der Waals surface area contributed by atoms with Crippen molar-refractivity contribution in [2.75, 3.05) is 0 Å². The number of rotatable bonds is 6. The van der Waals surface area contributed by atoms with Crippen LogP contribution in [0.1, 0.15) is 52.5 Å². The van der Waals surface area contributed by atoms with Crippen molar-refractivity contribution in [1.82, 2.24) is 0 Å². The van der Waals surface area contributed by atoms with E-state index >= 15 is 0 Å². The summed E-state index contributed by atoms with van der Waals surface area (Å²) in [7, 11) is 0. The van der Waals surface area contributed by atoms with Crippen molar-refractivity contribution in [2.45, 2.75) is 34.2 Å². The molecule has 2 aliphatic rings. The fraction of sp³-hybridized carbons (Fsp3) is 0.143. The molecule has 8 rings (SSSR count). The first-order chi connectivity index (χ1) is 22.5. The van der Waals surface area contributed by atoms with E-state index in [1.54, 1.807) is 0 Å². The van der Waals surface area contributed by atoms with Crippen molar-refractivity contribution < 1.29 is 54.0 Å². The molecule has 2 aliphatic carbocycles. The summed E-state index contributed by atoms with van der Waals surface area (Å²) in [6.07, 6.45) is 4.95. The van der Waals surface area contributed by atoms with E-state index < -0.39 is 25.8 Å². The van der Waals surface area contributed by atoms with Gasteiger partial charge in [0.1, 0.15) is 0 Å². The smallest absolute Gasteiger partial charge is 1.00 e. The Labute approximate surface area is 303 Å². The summed E-state index contributed by atoms with van der Waals surface area (Å²) in [4.78, 5) is 0. The molecule has 0 saturated carbocycles. The van der Waals surface area contributed by atoms with Gasteiger partial charge in [-0.2, -0.15) is 0 Å². The molecular formula is C42H36Cl2O2SiZr. The van der Waals surface area contributed by atoms with Gasteiger partial charge >= 0.3 is 281 Å². The molecule has 0 saturated heterocycles. The molecule has 2 heterocycles. The summed E-state index contributed by atoms with van der Waals surface area (Å²) >= 11 is -2.55. The molecule has 6 heteroatoms. The normalized spacial score (nSPS) is 15.6. The number of benzene rings is 4. The van der Waals surface area contributed by atoms with E-state index in [1.807, 2.05) is 0 Å². The Kier molecular flexibility index (Phi) is 10.2. The second kappa shape index (κ2) is 14.2. The molecule has 0 radical (unpaired) electrons. The summed E-state index contributed by atoms with van der Waals surface area (Å²) in [5.74, 6) is 3.97. The van der Waals surface area contributed by atoms with Gasteiger partial charge in [0.15, 0.2) is 0 Å². The molecular weight excluding hydrogens is 727 g/mol. The summed E-state index contributed by atoms with van der Waals surface area (Å²) < 4.78 is 13.7. The Morgan fingerprint density at radius 3 is 1.27 bits per heavy atom. The Bertz CT molecular complexity index is 2050. The fourth-order valence-corrected chi connectivity index (χ4v) is 27.4. The summed E-state index contributed by atoms with van der Waals surface area (Å²) in [5, 5.41) is 0. The molecule has 2 aromatic heterocycles. The molecule has 0 N–H and O–H groups in total. The number of allylic oxidation sites excluding steroid dienone is 2. The average molecular weight is 763 g/mol. The summed E-state index contributed by atoms with van der Waals surface area (Å²) in [6, 6.07) is 44.3. The standard InChI is InChI=1S/2C20H15O.C2H6Si.2ClH.Zr/c2*1-14-10-11-20(21-14)17-12-16-8-5-9-18(19(16)13-17)15-6-3-2-4-7-15;1-3-2;;;/h2*2-13H,1H3;1-2H3;2*1H;/q;;;;;+2/p-2. The predicted octanol–water partition coefficient (Wildman–Crippen LogP) is 5.59. The first kappa shape index (κ1) is 34.5. The van der Waals surface area contributed by atoms with Gasteiger partial charge in [-0.1, -0.05) is 0 Å². The number of halogens is 2. The van der Waals surface area contributed by atoms with E-state index in [1.165, 1.54) is 55.7 Å². The van der Waals surface area contributed by atoms with Crippen molar-refractivity contribution in [3.63, 3.8) is 0 Å². The van der Waals surface area contributed by atoms with E-state index in [0.717, 1.165) is 23.0 Å². The molecule has 0 spiro atoms. The molecule has 2 atom stereocenters. The molecule has 48 heavy (non-hydrogen) atoms. The van der Waals surface area contributed by atoms with Crippen LogP contribution >= 0.6 is 0 Å². The van der Waals surface area contributed by atoms with Crippen LogP contribution in [-0.2, 0) is 20.4 Å². The largest absolute Gasteiger partial charge is 1.00 e. The third-order valence-corrected chi connectivity index (χ3v) is 28.7. The van der Waals surface area contributed by atoms with E-state index in [0.29, 0.717) is 7.25 Å². The van der Waals surface area contributed by atoms with Gasteiger partial charge < -0.3 is 24.8 Å². The third-order valence-electron chi connectivity index (χ3n) is 9.54. The molecule has 2 nitrogen and oxygen atoms in total. The van der Waals surface area contributed by atoms with Gasteiger partial charge in [0.2, 0.25) is 0 Å². The Hall–Kier alpha value is -3.40. The SMILES string of the molecule is Cc1ccc(C2=Cc3c(-c4ccccc4)cccc3[CH]2[Zr+2]([CH]2C(c3ccc(C)o3)=Cc3c(-c4ccccc4)cccc32)=[Si](C)C)o1.[Cl-].[Cl-]. The van der Waals surface area contributed by atoms with Crippen LogP contribution in [0.4, 0.5) is 0 Å². The van der Waals surface area contributed by atoms with Gasteiger partial charge in [-0.15, -0.1) is 0 Å². The van der Waals surface area contributed by atoms with Crippen molar-refractivity contribution in [3.05, 3.63) is 167 Å². The van der Waals surface area contributed by atoms with Crippen LogP contribution in [-0.4, -0.2) is 5.43 Å². The second-order valence-electron chi connectivity index (χ2n) is 12.7. The minimum absolute atomic E-state index is 0. The van der Waals surface area contributed by atoms with Gasteiger partial charge in [-0.25, -0.2) is 0 Å². The Morgan fingerprint density at radius 2 is 0.917 bits per heavy atom. The fourth-order valence-electron chi connectivity index (χ4n) is 7.56. The van der Waals surface area contributed by atoms with Gasteiger partial charge in [0, 0.05) is 0 Å². The van der Waals surface area contributed by atoms with Crippen molar-refractivity contribution >= 4 is 28.7 Å². The molecule has 0 aliphatic heterocycles. The average Bonchev–Trinajstić information content (AvgIpc) is 3.87. The minimum Gasteiger partial charge on any atom is -1.00 e. The Balaban J connectivity index is 0.00000201. The van der Waals surface area contributed by atoms with E-state index in [4.69, 9.17) is 8.83 Å². The van der Waals surface area contributed by atoms with E-state index in [2.05, 4.69) is 160 Å². The Morgan fingerprint density at radius 1 is 0.500 bits per heavy atom. The maximum Gasteiger partial charge on any atom is -1.00 e. The van der Waals surface area contributed by atoms with Crippen LogP contribution in [0.25, 0.3) is 45.6 Å². The quantitative estimate of drug-likeness (QED) is 0.207.